The van der Waals surface area contributed by atoms with Crippen molar-refractivity contribution in [2.75, 3.05) is 0 Å². The van der Waals surface area contributed by atoms with Crippen molar-refractivity contribution in [1.82, 2.24) is 19.3 Å². The van der Waals surface area contributed by atoms with Crippen LogP contribution >= 0.6 is 11.6 Å². The van der Waals surface area contributed by atoms with Gasteiger partial charge in [0.25, 0.3) is 5.56 Å². The van der Waals surface area contributed by atoms with Gasteiger partial charge in [0.2, 0.25) is 11.7 Å². The third-order valence-corrected chi connectivity index (χ3v) is 5.05. The maximum atomic E-state index is 13.3. The quantitative estimate of drug-likeness (QED) is 0.691. The molecule has 3 aromatic rings. The van der Waals surface area contributed by atoms with E-state index in [1.54, 1.807) is 29.7 Å². The first kappa shape index (κ1) is 17.7. The second-order valence-corrected chi connectivity index (χ2v) is 7.16. The molecular weight excluding hydrogens is 368 g/mol. The maximum absolute atomic E-state index is 13.3. The number of nitrogens with zero attached hydrogens (tertiary/aromatic N) is 4. The smallest absolute Gasteiger partial charge is 0.331 e. The molecule has 0 amide bonds. The number of hydrogen-bond acceptors (Lipinski definition) is 5. The number of hydrogen-bond donors (Lipinski definition) is 0. The molecule has 0 aliphatic carbocycles. The Labute approximate surface area is 160 Å². The molecule has 0 N–H and O–H groups in total. The van der Waals surface area contributed by atoms with Crippen molar-refractivity contribution in [1.29, 1.82) is 0 Å². The Bertz CT molecular complexity index is 1110. The van der Waals surface area contributed by atoms with Gasteiger partial charge >= 0.3 is 5.69 Å². The standard InChI is InChI=1S/C19H19ClN4O3/c1-12-21-17(22-27-12)16-15-8-3-2-4-9-23(15)19(26)24(18(16)25)11-13-6-5-7-14(20)10-13/h5-7,10H,2-4,8-9,11H2,1H3. The monoisotopic (exact) mass is 386 g/mol. The van der Waals surface area contributed by atoms with Crippen LogP contribution in [0.25, 0.3) is 11.4 Å². The average Bonchev–Trinajstić information content (AvgIpc) is 2.91. The Morgan fingerprint density at radius 1 is 1.22 bits per heavy atom. The molecule has 0 spiro atoms. The zero-order valence-corrected chi connectivity index (χ0v) is 15.7. The number of rotatable bonds is 3. The van der Waals surface area contributed by atoms with Crippen LogP contribution in [0, 0.1) is 6.92 Å². The summed E-state index contributed by atoms with van der Waals surface area (Å²) in [5.41, 5.74) is 1.14. The van der Waals surface area contributed by atoms with Crippen LogP contribution in [0.2, 0.25) is 5.02 Å². The number of aromatic nitrogens is 4. The van der Waals surface area contributed by atoms with E-state index < -0.39 is 5.56 Å². The minimum atomic E-state index is -0.395. The zero-order valence-electron chi connectivity index (χ0n) is 14.9. The SMILES string of the molecule is Cc1nc(-c2c3n(c(=O)n(Cc4cccc(Cl)c4)c2=O)CCCCC3)no1. The van der Waals surface area contributed by atoms with Crippen molar-refractivity contribution in [3.05, 3.63) is 67.3 Å². The van der Waals surface area contributed by atoms with Gasteiger partial charge in [0.05, 0.1) is 6.54 Å². The van der Waals surface area contributed by atoms with E-state index in [2.05, 4.69) is 10.1 Å². The average molecular weight is 387 g/mol. The Balaban J connectivity index is 1.95. The van der Waals surface area contributed by atoms with E-state index >= 15 is 0 Å². The summed E-state index contributed by atoms with van der Waals surface area (Å²) in [5, 5.41) is 4.50. The van der Waals surface area contributed by atoms with E-state index in [9.17, 15) is 9.59 Å². The van der Waals surface area contributed by atoms with Crippen LogP contribution in [0.15, 0.2) is 38.4 Å². The summed E-state index contributed by atoms with van der Waals surface area (Å²) in [6.45, 7) is 2.39. The largest absolute Gasteiger partial charge is 0.339 e. The topological polar surface area (TPSA) is 82.9 Å². The van der Waals surface area contributed by atoms with E-state index in [-0.39, 0.29) is 18.1 Å². The lowest BCUT2D eigenvalue weighted by atomic mass is 10.1. The predicted molar refractivity (Wildman–Crippen MR) is 101 cm³/mol. The lowest BCUT2D eigenvalue weighted by Gasteiger charge is -2.16. The molecule has 7 nitrogen and oxygen atoms in total. The lowest BCUT2D eigenvalue weighted by Crippen LogP contribution is -2.42. The summed E-state index contributed by atoms with van der Waals surface area (Å²) in [5.74, 6) is 0.618. The van der Waals surface area contributed by atoms with Gasteiger partial charge in [-0.3, -0.25) is 13.9 Å². The number of fused-ring (bicyclic) bond motifs is 1. The first-order valence-corrected chi connectivity index (χ1v) is 9.34. The number of benzene rings is 1. The Morgan fingerprint density at radius 3 is 2.81 bits per heavy atom. The van der Waals surface area contributed by atoms with Crippen LogP contribution in [0.1, 0.15) is 36.4 Å². The lowest BCUT2D eigenvalue weighted by molar-refractivity contribution is 0.394. The number of halogens is 1. The van der Waals surface area contributed by atoms with E-state index in [1.807, 2.05) is 6.07 Å². The molecule has 0 radical (unpaired) electrons. The molecule has 8 heteroatoms. The van der Waals surface area contributed by atoms with E-state index in [1.165, 1.54) is 4.57 Å². The molecule has 4 rings (SSSR count). The molecule has 0 bridgehead atoms. The minimum absolute atomic E-state index is 0.141. The van der Waals surface area contributed by atoms with Gasteiger partial charge in [0.1, 0.15) is 5.56 Å². The highest BCUT2D eigenvalue weighted by Crippen LogP contribution is 2.21. The van der Waals surface area contributed by atoms with Gasteiger partial charge in [-0.05, 0) is 37.0 Å². The van der Waals surface area contributed by atoms with Gasteiger partial charge in [0, 0.05) is 24.2 Å². The summed E-state index contributed by atoms with van der Waals surface area (Å²) < 4.78 is 8.02. The van der Waals surface area contributed by atoms with Gasteiger partial charge in [-0.25, -0.2) is 4.79 Å². The number of aryl methyl sites for hydroxylation is 1. The van der Waals surface area contributed by atoms with Crippen LogP contribution < -0.4 is 11.2 Å². The fourth-order valence-electron chi connectivity index (χ4n) is 3.55. The minimum Gasteiger partial charge on any atom is -0.339 e. The Hall–Kier alpha value is -2.67. The molecule has 0 fully saturated rings. The van der Waals surface area contributed by atoms with Crippen molar-refractivity contribution >= 4 is 11.6 Å². The van der Waals surface area contributed by atoms with Gasteiger partial charge in [0.15, 0.2) is 0 Å². The molecule has 3 heterocycles. The Kier molecular flexibility index (Phi) is 4.70. The normalized spacial score (nSPS) is 14.0. The first-order valence-electron chi connectivity index (χ1n) is 8.96. The van der Waals surface area contributed by atoms with Gasteiger partial charge in [-0.1, -0.05) is 35.3 Å². The van der Waals surface area contributed by atoms with Crippen LogP contribution in [0.5, 0.6) is 0 Å². The summed E-state index contributed by atoms with van der Waals surface area (Å²) in [6, 6.07) is 7.15. The molecule has 2 aromatic heterocycles. The fraction of sp³-hybridized carbons (Fsp3) is 0.368. The summed E-state index contributed by atoms with van der Waals surface area (Å²) >= 11 is 6.05. The highest BCUT2D eigenvalue weighted by Gasteiger charge is 2.24. The molecule has 1 aromatic carbocycles. The highest BCUT2D eigenvalue weighted by atomic mass is 35.5. The summed E-state index contributed by atoms with van der Waals surface area (Å²) in [4.78, 5) is 30.6. The zero-order chi connectivity index (χ0) is 19.0. The Morgan fingerprint density at radius 2 is 2.07 bits per heavy atom. The van der Waals surface area contributed by atoms with E-state index in [4.69, 9.17) is 16.1 Å². The van der Waals surface area contributed by atoms with Gasteiger partial charge in [-0.15, -0.1) is 0 Å². The van der Waals surface area contributed by atoms with Crippen LogP contribution in [0.3, 0.4) is 0 Å². The molecule has 1 aliphatic heterocycles. The van der Waals surface area contributed by atoms with Crippen LogP contribution in [-0.4, -0.2) is 19.3 Å². The van der Waals surface area contributed by atoms with Crippen LogP contribution in [-0.2, 0) is 19.5 Å². The maximum Gasteiger partial charge on any atom is 0.331 e. The van der Waals surface area contributed by atoms with Gasteiger partial charge < -0.3 is 4.52 Å². The first-order chi connectivity index (χ1) is 13.0. The molecule has 27 heavy (non-hydrogen) atoms. The van der Waals surface area contributed by atoms with E-state index in [0.717, 1.165) is 24.8 Å². The van der Waals surface area contributed by atoms with Crippen molar-refractivity contribution in [3.63, 3.8) is 0 Å². The molecule has 1 aliphatic rings. The van der Waals surface area contributed by atoms with E-state index in [0.29, 0.717) is 35.1 Å². The molecule has 0 saturated heterocycles. The van der Waals surface area contributed by atoms with Crippen molar-refractivity contribution in [3.8, 4) is 11.4 Å². The molecule has 0 unspecified atom stereocenters. The fourth-order valence-corrected chi connectivity index (χ4v) is 3.77. The molecule has 0 atom stereocenters. The van der Waals surface area contributed by atoms with Crippen molar-refractivity contribution in [2.45, 2.75) is 45.7 Å². The van der Waals surface area contributed by atoms with Crippen molar-refractivity contribution < 1.29 is 4.52 Å². The summed E-state index contributed by atoms with van der Waals surface area (Å²) in [7, 11) is 0. The van der Waals surface area contributed by atoms with Gasteiger partial charge in [-0.2, -0.15) is 4.98 Å². The van der Waals surface area contributed by atoms with Crippen LogP contribution in [0.4, 0.5) is 0 Å². The third kappa shape index (κ3) is 3.35. The highest BCUT2D eigenvalue weighted by molar-refractivity contribution is 6.30. The third-order valence-electron chi connectivity index (χ3n) is 4.81. The second kappa shape index (κ2) is 7.15. The van der Waals surface area contributed by atoms with Crippen molar-refractivity contribution in [2.24, 2.45) is 0 Å². The second-order valence-electron chi connectivity index (χ2n) is 6.72. The molecular formula is C19H19ClN4O3. The predicted octanol–water partition coefficient (Wildman–Crippen LogP) is 2.80. The molecule has 0 saturated carbocycles. The summed E-state index contributed by atoms with van der Waals surface area (Å²) in [6.07, 6.45) is 3.47. The molecule has 140 valence electrons.